The van der Waals surface area contributed by atoms with Crippen LogP contribution in [0.15, 0.2) is 55.1 Å². The third kappa shape index (κ3) is 7.74. The molecule has 0 aliphatic heterocycles. The van der Waals surface area contributed by atoms with Crippen LogP contribution in [-0.2, 0) is 23.1 Å². The van der Waals surface area contributed by atoms with Gasteiger partial charge in [0, 0.05) is 5.02 Å². The van der Waals surface area contributed by atoms with Gasteiger partial charge in [-0.2, -0.15) is 18.3 Å². The van der Waals surface area contributed by atoms with Crippen LogP contribution in [-0.4, -0.2) is 37.0 Å². The van der Waals surface area contributed by atoms with E-state index in [2.05, 4.69) is 15.8 Å². The number of aliphatic hydroxyl groups excluding tert-OH is 1. The van der Waals surface area contributed by atoms with Gasteiger partial charge in [-0.05, 0) is 55.8 Å². The number of halogens is 4. The molecule has 178 valence electrons. The Labute approximate surface area is 192 Å². The van der Waals surface area contributed by atoms with Crippen molar-refractivity contribution in [1.82, 2.24) is 14.8 Å². The van der Waals surface area contributed by atoms with E-state index in [0.29, 0.717) is 10.8 Å². The number of benzene rings is 2. The first kappa shape index (κ1) is 26.1. The van der Waals surface area contributed by atoms with Crippen LogP contribution in [0.4, 0.5) is 13.2 Å². The molecule has 0 bridgehead atoms. The van der Waals surface area contributed by atoms with Crippen LogP contribution in [0.5, 0.6) is 11.5 Å². The second-order valence-corrected chi connectivity index (χ2v) is 7.64. The summed E-state index contributed by atoms with van der Waals surface area (Å²) < 4.78 is 47.6. The van der Waals surface area contributed by atoms with E-state index in [1.54, 1.807) is 24.3 Å². The second-order valence-electron chi connectivity index (χ2n) is 7.21. The first-order valence-corrected chi connectivity index (χ1v) is 9.84. The summed E-state index contributed by atoms with van der Waals surface area (Å²) in [6.07, 6.45) is -3.13. The van der Waals surface area contributed by atoms with E-state index in [9.17, 15) is 23.1 Å². The zero-order chi connectivity index (χ0) is 24.8. The minimum Gasteiger partial charge on any atom is -0.457 e. The number of amides is 1. The van der Waals surface area contributed by atoms with Crippen LogP contribution < -0.4 is 10.5 Å². The average Bonchev–Trinajstić information content (AvgIpc) is 3.21. The minimum atomic E-state index is -4.68. The maximum atomic E-state index is 13.6. The van der Waals surface area contributed by atoms with Crippen molar-refractivity contribution in [2.24, 2.45) is 5.73 Å². The number of hydrogen-bond donors (Lipinski definition) is 3. The maximum Gasteiger partial charge on any atom is 0.416 e. The van der Waals surface area contributed by atoms with Crippen LogP contribution in [0.3, 0.4) is 0 Å². The smallest absolute Gasteiger partial charge is 0.416 e. The molecule has 0 aliphatic rings. The van der Waals surface area contributed by atoms with Gasteiger partial charge >= 0.3 is 6.18 Å². The van der Waals surface area contributed by atoms with Crippen molar-refractivity contribution in [3.8, 4) is 11.5 Å². The summed E-state index contributed by atoms with van der Waals surface area (Å²) in [4.78, 5) is 13.4. The molecule has 0 aliphatic carbocycles. The molecule has 3 rings (SSSR count). The fourth-order valence-corrected chi connectivity index (χ4v) is 2.77. The number of nitrogens with zero attached hydrogens (tertiary/aromatic N) is 3. The summed E-state index contributed by atoms with van der Waals surface area (Å²) in [6.45, 7) is 2.43. The Morgan fingerprint density at radius 3 is 2.24 bits per heavy atom. The number of alkyl halides is 3. The van der Waals surface area contributed by atoms with E-state index in [4.69, 9.17) is 21.4 Å². The largest absolute Gasteiger partial charge is 0.457 e. The number of carbonyl (C=O) groups excluding carboxylic acids is 1. The highest BCUT2D eigenvalue weighted by atomic mass is 35.5. The number of rotatable bonds is 6. The Bertz CT molecular complexity index is 1060. The third-order valence-corrected chi connectivity index (χ3v) is 4.53. The van der Waals surface area contributed by atoms with Gasteiger partial charge in [0.15, 0.2) is 0 Å². The standard InChI is InChI=1S/C18H15ClF3N3O2.C3H7NO2/c1-17(26,9-25-11-23-10-24-25)15-7-6-14(8-16(15)18(20,21)22)27-13-4-2-12(19)3-5-13;1-2(5)3(4)6/h2-8,10-11,26H,9H2,1H3;2,5H,1H3,(H2,4,6). The highest BCUT2D eigenvalue weighted by molar-refractivity contribution is 6.30. The molecule has 8 nitrogen and oxygen atoms in total. The van der Waals surface area contributed by atoms with E-state index in [1.807, 2.05) is 0 Å². The zero-order valence-electron chi connectivity index (χ0n) is 17.6. The lowest BCUT2D eigenvalue weighted by atomic mass is 9.90. The van der Waals surface area contributed by atoms with Gasteiger partial charge in [-0.1, -0.05) is 17.7 Å². The first-order chi connectivity index (χ1) is 15.3. The number of nitrogens with two attached hydrogens (primary N) is 1. The highest BCUT2D eigenvalue weighted by Crippen LogP contribution is 2.40. The van der Waals surface area contributed by atoms with Crippen molar-refractivity contribution in [2.75, 3.05) is 0 Å². The van der Waals surface area contributed by atoms with Crippen molar-refractivity contribution in [3.05, 3.63) is 71.3 Å². The lowest BCUT2D eigenvalue weighted by Gasteiger charge is -2.27. The van der Waals surface area contributed by atoms with Crippen LogP contribution >= 0.6 is 11.6 Å². The average molecular weight is 487 g/mol. The van der Waals surface area contributed by atoms with E-state index >= 15 is 0 Å². The van der Waals surface area contributed by atoms with E-state index < -0.39 is 29.4 Å². The molecule has 1 amide bonds. The predicted octanol–water partition coefficient (Wildman–Crippen LogP) is 3.50. The molecule has 2 unspecified atom stereocenters. The molecule has 3 aromatic rings. The maximum absolute atomic E-state index is 13.6. The van der Waals surface area contributed by atoms with Gasteiger partial charge in [0.25, 0.3) is 0 Å². The van der Waals surface area contributed by atoms with Crippen LogP contribution in [0.2, 0.25) is 5.02 Å². The quantitative estimate of drug-likeness (QED) is 0.490. The molecular formula is C21H22ClF3N4O4. The Morgan fingerprint density at radius 1 is 1.18 bits per heavy atom. The summed E-state index contributed by atoms with van der Waals surface area (Å²) in [6, 6.07) is 9.66. The first-order valence-electron chi connectivity index (χ1n) is 9.47. The number of primary amides is 1. The normalized spacial score (nSPS) is 13.9. The SMILES string of the molecule is CC(O)(Cn1cncn1)c1ccc(Oc2ccc(Cl)cc2)cc1C(F)(F)F.CC(O)C(N)=O. The summed E-state index contributed by atoms with van der Waals surface area (Å²) in [5, 5.41) is 23.1. The molecule has 0 fully saturated rings. The molecule has 0 saturated heterocycles. The molecule has 1 aromatic heterocycles. The summed E-state index contributed by atoms with van der Waals surface area (Å²) in [5.74, 6) is -0.352. The summed E-state index contributed by atoms with van der Waals surface area (Å²) >= 11 is 5.79. The molecule has 2 aromatic carbocycles. The van der Waals surface area contributed by atoms with Crippen molar-refractivity contribution in [1.29, 1.82) is 0 Å². The highest BCUT2D eigenvalue weighted by Gasteiger charge is 2.39. The molecule has 2 atom stereocenters. The molecule has 1 heterocycles. The predicted molar refractivity (Wildman–Crippen MR) is 113 cm³/mol. The van der Waals surface area contributed by atoms with E-state index in [1.165, 1.54) is 43.3 Å². The number of ether oxygens (including phenoxy) is 1. The van der Waals surface area contributed by atoms with Crippen LogP contribution in [0.1, 0.15) is 25.0 Å². The van der Waals surface area contributed by atoms with Gasteiger partial charge in [0.05, 0.1) is 12.1 Å². The second kappa shape index (κ2) is 10.6. The van der Waals surface area contributed by atoms with Crippen molar-refractivity contribution < 1.29 is 32.9 Å². The third-order valence-electron chi connectivity index (χ3n) is 4.27. The number of aliphatic hydroxyl groups is 2. The van der Waals surface area contributed by atoms with Gasteiger partial charge in [-0.25, -0.2) is 9.67 Å². The van der Waals surface area contributed by atoms with Crippen LogP contribution in [0, 0.1) is 0 Å². The fraction of sp³-hybridized carbons (Fsp3) is 0.286. The molecule has 0 saturated carbocycles. The van der Waals surface area contributed by atoms with Gasteiger partial charge in [-0.15, -0.1) is 0 Å². The van der Waals surface area contributed by atoms with Crippen LogP contribution in [0.25, 0.3) is 0 Å². The van der Waals surface area contributed by atoms with Crippen molar-refractivity contribution in [2.45, 2.75) is 38.3 Å². The topological polar surface area (TPSA) is 123 Å². The molecular weight excluding hydrogens is 465 g/mol. The van der Waals surface area contributed by atoms with E-state index in [0.717, 1.165) is 6.07 Å². The summed E-state index contributed by atoms with van der Waals surface area (Å²) in [5.41, 5.74) is 1.45. The summed E-state index contributed by atoms with van der Waals surface area (Å²) in [7, 11) is 0. The Kier molecular flexibility index (Phi) is 8.42. The molecule has 0 radical (unpaired) electrons. The molecule has 0 spiro atoms. The Hall–Kier alpha value is -3.15. The van der Waals surface area contributed by atoms with Crippen molar-refractivity contribution in [3.63, 3.8) is 0 Å². The Morgan fingerprint density at radius 2 is 1.76 bits per heavy atom. The van der Waals surface area contributed by atoms with E-state index in [-0.39, 0.29) is 17.9 Å². The van der Waals surface area contributed by atoms with Gasteiger partial charge in [0.2, 0.25) is 5.91 Å². The lowest BCUT2D eigenvalue weighted by Crippen LogP contribution is -2.31. The zero-order valence-corrected chi connectivity index (χ0v) is 18.4. The monoisotopic (exact) mass is 486 g/mol. The minimum absolute atomic E-state index is 0.00930. The number of hydrogen-bond acceptors (Lipinski definition) is 6. The fourth-order valence-electron chi connectivity index (χ4n) is 2.64. The lowest BCUT2D eigenvalue weighted by molar-refractivity contribution is -0.140. The van der Waals surface area contributed by atoms with Gasteiger partial charge < -0.3 is 20.7 Å². The molecule has 12 heteroatoms. The molecule has 33 heavy (non-hydrogen) atoms. The number of aromatic nitrogens is 3. The number of carbonyl (C=O) groups is 1. The van der Waals surface area contributed by atoms with Gasteiger partial charge in [0.1, 0.15) is 35.9 Å². The Balaban J connectivity index is 0.000000569. The molecule has 4 N–H and O–H groups in total. The van der Waals surface area contributed by atoms with Crippen molar-refractivity contribution >= 4 is 17.5 Å². The van der Waals surface area contributed by atoms with Gasteiger partial charge in [-0.3, -0.25) is 4.79 Å².